The topological polar surface area (TPSA) is 66.5 Å². The number of nitrogens with one attached hydrogen (secondary N) is 1. The van der Waals surface area contributed by atoms with Crippen LogP contribution < -0.4 is 10.2 Å². The molecule has 5 nitrogen and oxygen atoms in total. The van der Waals surface area contributed by atoms with Gasteiger partial charge in [0, 0.05) is 34.6 Å². The summed E-state index contributed by atoms with van der Waals surface area (Å²) in [6.07, 6.45) is 3.10. The van der Waals surface area contributed by atoms with Gasteiger partial charge in [0.05, 0.1) is 17.1 Å². The Labute approximate surface area is 176 Å². The third-order valence-corrected chi connectivity index (χ3v) is 8.87. The Morgan fingerprint density at radius 3 is 2.59 bits per heavy atom. The Balaban J connectivity index is 1.49. The molecule has 0 aliphatic carbocycles. The molecule has 7 heteroatoms. The van der Waals surface area contributed by atoms with E-state index in [4.69, 9.17) is 0 Å². The van der Waals surface area contributed by atoms with E-state index in [1.165, 1.54) is 30.3 Å². The van der Waals surface area contributed by atoms with E-state index in [1.54, 1.807) is 6.07 Å². The molecule has 4 rings (SSSR count). The van der Waals surface area contributed by atoms with E-state index in [0.29, 0.717) is 12.0 Å². The molecule has 2 aliphatic rings. The van der Waals surface area contributed by atoms with Crippen molar-refractivity contribution >= 4 is 38.9 Å². The molecule has 2 aromatic rings. The van der Waals surface area contributed by atoms with Crippen molar-refractivity contribution in [2.24, 2.45) is 0 Å². The third-order valence-electron chi connectivity index (χ3n) is 5.55. The van der Waals surface area contributed by atoms with Gasteiger partial charge in [0.15, 0.2) is 9.84 Å². The minimum Gasteiger partial charge on any atom is -0.372 e. The van der Waals surface area contributed by atoms with Gasteiger partial charge in [0.25, 0.3) is 5.91 Å². The van der Waals surface area contributed by atoms with Crippen molar-refractivity contribution in [2.45, 2.75) is 36.3 Å². The fourth-order valence-corrected chi connectivity index (χ4v) is 7.57. The van der Waals surface area contributed by atoms with E-state index in [2.05, 4.69) is 22.3 Å². The average Bonchev–Trinajstić information content (AvgIpc) is 3.33. The Morgan fingerprint density at radius 2 is 1.90 bits per heavy atom. The SMILES string of the molecule is Cc1cc(N2CCCC2)ccc1NC(=O)c1ccccc1S[C@H]1CCS(=O)(=O)C1. The van der Waals surface area contributed by atoms with Gasteiger partial charge < -0.3 is 10.2 Å². The van der Waals surface area contributed by atoms with E-state index in [0.717, 1.165) is 29.2 Å². The van der Waals surface area contributed by atoms with Crippen LogP contribution in [-0.4, -0.2) is 44.2 Å². The number of anilines is 2. The Kier molecular flexibility index (Phi) is 5.88. The zero-order valence-corrected chi connectivity index (χ0v) is 18.2. The highest BCUT2D eigenvalue weighted by molar-refractivity contribution is 8.02. The van der Waals surface area contributed by atoms with Gasteiger partial charge in [0.1, 0.15) is 0 Å². The van der Waals surface area contributed by atoms with Crippen LogP contribution in [0.1, 0.15) is 35.2 Å². The van der Waals surface area contributed by atoms with Crippen LogP contribution in [0.2, 0.25) is 0 Å². The van der Waals surface area contributed by atoms with Crippen molar-refractivity contribution in [3.63, 3.8) is 0 Å². The molecule has 0 bridgehead atoms. The molecule has 1 atom stereocenters. The molecular weight excluding hydrogens is 404 g/mol. The molecule has 0 spiro atoms. The number of sulfone groups is 1. The molecule has 0 unspecified atom stereocenters. The molecular formula is C22H26N2O3S2. The lowest BCUT2D eigenvalue weighted by atomic mass is 10.1. The van der Waals surface area contributed by atoms with Crippen LogP contribution in [0.25, 0.3) is 0 Å². The molecule has 0 aromatic heterocycles. The van der Waals surface area contributed by atoms with Crippen LogP contribution >= 0.6 is 11.8 Å². The number of benzene rings is 2. The normalized spacial score (nSPS) is 20.7. The summed E-state index contributed by atoms with van der Waals surface area (Å²) in [7, 11) is -2.94. The molecule has 1 amide bonds. The molecule has 29 heavy (non-hydrogen) atoms. The first-order valence-electron chi connectivity index (χ1n) is 10.0. The summed E-state index contributed by atoms with van der Waals surface area (Å²) in [6.45, 7) is 4.19. The van der Waals surface area contributed by atoms with Crippen molar-refractivity contribution in [3.8, 4) is 0 Å². The lowest BCUT2D eigenvalue weighted by Crippen LogP contribution is -2.18. The van der Waals surface area contributed by atoms with Gasteiger partial charge >= 0.3 is 0 Å². The monoisotopic (exact) mass is 430 g/mol. The lowest BCUT2D eigenvalue weighted by molar-refractivity contribution is 0.102. The first-order valence-corrected chi connectivity index (χ1v) is 12.7. The van der Waals surface area contributed by atoms with E-state index >= 15 is 0 Å². The predicted molar refractivity (Wildman–Crippen MR) is 120 cm³/mol. The summed E-state index contributed by atoms with van der Waals surface area (Å²) >= 11 is 1.50. The second kappa shape index (κ2) is 8.40. The minimum atomic E-state index is -2.94. The van der Waals surface area contributed by atoms with Gasteiger partial charge in [-0.3, -0.25) is 4.79 Å². The molecule has 2 heterocycles. The zero-order chi connectivity index (χ0) is 20.4. The van der Waals surface area contributed by atoms with E-state index in [1.807, 2.05) is 31.2 Å². The molecule has 1 N–H and O–H groups in total. The largest absolute Gasteiger partial charge is 0.372 e. The van der Waals surface area contributed by atoms with Gasteiger partial charge in [-0.05, 0) is 62.1 Å². The van der Waals surface area contributed by atoms with Crippen molar-refractivity contribution < 1.29 is 13.2 Å². The van der Waals surface area contributed by atoms with Crippen molar-refractivity contribution in [1.29, 1.82) is 0 Å². The molecule has 2 aliphatic heterocycles. The van der Waals surface area contributed by atoms with Gasteiger partial charge in [0.2, 0.25) is 0 Å². The molecule has 2 aromatic carbocycles. The van der Waals surface area contributed by atoms with Crippen LogP contribution in [0.15, 0.2) is 47.4 Å². The molecule has 0 saturated carbocycles. The zero-order valence-electron chi connectivity index (χ0n) is 16.6. The van der Waals surface area contributed by atoms with Gasteiger partial charge in [-0.15, -0.1) is 11.8 Å². The fraction of sp³-hybridized carbons (Fsp3) is 0.409. The van der Waals surface area contributed by atoms with E-state index in [-0.39, 0.29) is 22.7 Å². The van der Waals surface area contributed by atoms with Crippen molar-refractivity contribution in [3.05, 3.63) is 53.6 Å². The quantitative estimate of drug-likeness (QED) is 0.773. The van der Waals surface area contributed by atoms with E-state index < -0.39 is 9.84 Å². The molecule has 154 valence electrons. The Bertz CT molecular complexity index is 1010. The summed E-state index contributed by atoms with van der Waals surface area (Å²) in [5.74, 6) is 0.262. The lowest BCUT2D eigenvalue weighted by Gasteiger charge is -2.19. The number of thioether (sulfide) groups is 1. The number of rotatable bonds is 5. The van der Waals surface area contributed by atoms with Crippen molar-refractivity contribution in [2.75, 3.05) is 34.8 Å². The molecule has 0 radical (unpaired) electrons. The van der Waals surface area contributed by atoms with Crippen LogP contribution in [0.3, 0.4) is 0 Å². The second-order valence-corrected chi connectivity index (χ2v) is 11.4. The number of carbonyl (C=O) groups is 1. The number of hydrogen-bond donors (Lipinski definition) is 1. The minimum absolute atomic E-state index is 0.00966. The highest BCUT2D eigenvalue weighted by Crippen LogP contribution is 2.33. The van der Waals surface area contributed by atoms with Gasteiger partial charge in [-0.1, -0.05) is 12.1 Å². The number of amides is 1. The van der Waals surface area contributed by atoms with Crippen LogP contribution in [0.4, 0.5) is 11.4 Å². The van der Waals surface area contributed by atoms with Crippen LogP contribution in [0.5, 0.6) is 0 Å². The number of nitrogens with zero attached hydrogens (tertiary/aromatic N) is 1. The summed E-state index contributed by atoms with van der Waals surface area (Å²) in [5, 5.41) is 3.05. The number of hydrogen-bond acceptors (Lipinski definition) is 5. The average molecular weight is 431 g/mol. The van der Waals surface area contributed by atoms with Gasteiger partial charge in [-0.2, -0.15) is 0 Å². The predicted octanol–water partition coefficient (Wildman–Crippen LogP) is 4.13. The summed E-state index contributed by atoms with van der Waals surface area (Å²) < 4.78 is 23.5. The summed E-state index contributed by atoms with van der Waals surface area (Å²) in [4.78, 5) is 16.2. The first-order chi connectivity index (χ1) is 13.9. The van der Waals surface area contributed by atoms with Crippen LogP contribution in [-0.2, 0) is 9.84 Å². The standard InChI is InChI=1S/C22H26N2O3S2/c1-16-14-17(24-11-4-5-12-24)8-9-20(16)23-22(25)19-6-2-3-7-21(19)28-18-10-13-29(26,27)15-18/h2-3,6-9,14,18H,4-5,10-13,15H2,1H3,(H,23,25)/t18-/m0/s1. The maximum absolute atomic E-state index is 13.0. The maximum Gasteiger partial charge on any atom is 0.256 e. The Morgan fingerprint density at radius 1 is 1.14 bits per heavy atom. The second-order valence-electron chi connectivity index (χ2n) is 7.79. The Hall–Kier alpha value is -1.99. The van der Waals surface area contributed by atoms with E-state index in [9.17, 15) is 13.2 Å². The highest BCUT2D eigenvalue weighted by Gasteiger charge is 2.29. The van der Waals surface area contributed by atoms with Crippen molar-refractivity contribution in [1.82, 2.24) is 0 Å². The molecule has 2 fully saturated rings. The molecule has 2 saturated heterocycles. The smallest absolute Gasteiger partial charge is 0.256 e. The summed E-state index contributed by atoms with van der Waals surface area (Å²) in [6, 6.07) is 13.6. The maximum atomic E-state index is 13.0. The van der Waals surface area contributed by atoms with Gasteiger partial charge in [-0.25, -0.2) is 8.42 Å². The number of aryl methyl sites for hydroxylation is 1. The highest BCUT2D eigenvalue weighted by atomic mass is 32.2. The third kappa shape index (κ3) is 4.78. The first kappa shape index (κ1) is 20.3. The number of carbonyl (C=O) groups excluding carboxylic acids is 1. The fourth-order valence-electron chi connectivity index (χ4n) is 3.94. The van der Waals surface area contributed by atoms with Crippen LogP contribution in [0, 0.1) is 6.92 Å². The summed E-state index contributed by atoms with van der Waals surface area (Å²) in [5.41, 5.74) is 3.64.